The van der Waals surface area contributed by atoms with Gasteiger partial charge in [-0.05, 0) is 39.8 Å². The van der Waals surface area contributed by atoms with Crippen LogP contribution in [0.4, 0.5) is 0 Å². The molecule has 4 heteroatoms. The minimum absolute atomic E-state index is 0.104. The Kier molecular flexibility index (Phi) is 4.45. The third-order valence-electron chi connectivity index (χ3n) is 2.95. The number of thiazole rings is 1. The lowest BCUT2D eigenvalue weighted by Gasteiger charge is -2.19. The molecule has 0 atom stereocenters. The Morgan fingerprint density at radius 2 is 2.05 bits per heavy atom. The zero-order chi connectivity index (χ0) is 14.8. The standard InChI is InChI=1S/C16H22N2OS/c1-11-6-7-14(19-5)12(8-11)13-10-20-15(18-13)9-17-16(2,3)4/h6-8,10,17H,9H2,1-5H3. The molecular weight excluding hydrogens is 268 g/mol. The molecule has 2 aromatic rings. The molecule has 0 bridgehead atoms. The number of aromatic nitrogens is 1. The molecule has 0 saturated heterocycles. The molecule has 1 N–H and O–H groups in total. The number of nitrogens with zero attached hydrogens (tertiary/aromatic N) is 1. The number of rotatable bonds is 4. The van der Waals surface area contributed by atoms with Crippen LogP contribution in [0, 0.1) is 6.92 Å². The minimum Gasteiger partial charge on any atom is -0.496 e. The maximum atomic E-state index is 5.43. The zero-order valence-corrected chi connectivity index (χ0v) is 13.6. The molecule has 0 fully saturated rings. The van der Waals surface area contributed by atoms with Crippen LogP contribution in [0.5, 0.6) is 5.75 Å². The van der Waals surface area contributed by atoms with E-state index in [0.717, 1.165) is 28.6 Å². The molecule has 1 heterocycles. The van der Waals surface area contributed by atoms with Crippen LogP contribution in [-0.2, 0) is 6.54 Å². The second-order valence-corrected chi connectivity index (χ2v) is 6.88. The van der Waals surface area contributed by atoms with Crippen LogP contribution in [0.1, 0.15) is 31.3 Å². The topological polar surface area (TPSA) is 34.1 Å². The van der Waals surface area contributed by atoms with Crippen molar-refractivity contribution in [2.45, 2.75) is 39.8 Å². The van der Waals surface area contributed by atoms with E-state index >= 15 is 0 Å². The van der Waals surface area contributed by atoms with E-state index in [1.165, 1.54) is 5.56 Å². The maximum absolute atomic E-state index is 5.43. The molecule has 0 aliphatic heterocycles. The SMILES string of the molecule is COc1ccc(C)cc1-c1csc(CNC(C)(C)C)n1. The van der Waals surface area contributed by atoms with Crippen molar-refractivity contribution in [1.29, 1.82) is 0 Å². The van der Waals surface area contributed by atoms with E-state index in [2.05, 4.69) is 50.5 Å². The number of methoxy groups -OCH3 is 1. The van der Waals surface area contributed by atoms with E-state index < -0.39 is 0 Å². The molecule has 2 rings (SSSR count). The fraction of sp³-hybridized carbons (Fsp3) is 0.438. The van der Waals surface area contributed by atoms with Gasteiger partial charge in [-0.3, -0.25) is 0 Å². The molecule has 0 unspecified atom stereocenters. The van der Waals surface area contributed by atoms with Crippen molar-refractivity contribution in [1.82, 2.24) is 10.3 Å². The Hall–Kier alpha value is -1.39. The van der Waals surface area contributed by atoms with Crippen LogP contribution in [0.3, 0.4) is 0 Å². The Bertz CT molecular complexity index is 584. The van der Waals surface area contributed by atoms with Gasteiger partial charge in [-0.15, -0.1) is 11.3 Å². The largest absolute Gasteiger partial charge is 0.496 e. The van der Waals surface area contributed by atoms with Gasteiger partial charge in [0.2, 0.25) is 0 Å². The third-order valence-corrected chi connectivity index (χ3v) is 3.80. The number of hydrogen-bond donors (Lipinski definition) is 1. The van der Waals surface area contributed by atoms with Crippen molar-refractivity contribution < 1.29 is 4.74 Å². The fourth-order valence-corrected chi connectivity index (χ4v) is 2.61. The lowest BCUT2D eigenvalue weighted by atomic mass is 10.1. The van der Waals surface area contributed by atoms with Crippen molar-refractivity contribution in [3.05, 3.63) is 34.2 Å². The summed E-state index contributed by atoms with van der Waals surface area (Å²) in [6, 6.07) is 6.17. The molecule has 1 aromatic heterocycles. The number of aryl methyl sites for hydroxylation is 1. The van der Waals surface area contributed by atoms with Gasteiger partial charge >= 0.3 is 0 Å². The van der Waals surface area contributed by atoms with Gasteiger partial charge in [0, 0.05) is 23.0 Å². The first-order valence-electron chi connectivity index (χ1n) is 6.73. The summed E-state index contributed by atoms with van der Waals surface area (Å²) in [5.74, 6) is 0.872. The van der Waals surface area contributed by atoms with E-state index in [1.807, 2.05) is 6.07 Å². The minimum atomic E-state index is 0.104. The molecule has 108 valence electrons. The van der Waals surface area contributed by atoms with Gasteiger partial charge in [0.1, 0.15) is 10.8 Å². The summed E-state index contributed by atoms with van der Waals surface area (Å²) in [4.78, 5) is 4.71. The smallest absolute Gasteiger partial charge is 0.128 e. The van der Waals surface area contributed by atoms with Crippen LogP contribution in [-0.4, -0.2) is 17.6 Å². The van der Waals surface area contributed by atoms with Gasteiger partial charge in [-0.2, -0.15) is 0 Å². The second kappa shape index (κ2) is 5.94. The lowest BCUT2D eigenvalue weighted by Crippen LogP contribution is -2.34. The third kappa shape index (κ3) is 3.81. The molecule has 0 aliphatic carbocycles. The Morgan fingerprint density at radius 3 is 2.70 bits per heavy atom. The van der Waals surface area contributed by atoms with Gasteiger partial charge < -0.3 is 10.1 Å². The first-order valence-corrected chi connectivity index (χ1v) is 7.61. The first-order chi connectivity index (χ1) is 9.39. The molecule has 0 spiro atoms. The quantitative estimate of drug-likeness (QED) is 0.923. The Morgan fingerprint density at radius 1 is 1.30 bits per heavy atom. The van der Waals surface area contributed by atoms with Gasteiger partial charge in [-0.25, -0.2) is 4.98 Å². The highest BCUT2D eigenvalue weighted by Crippen LogP contribution is 2.31. The molecule has 0 saturated carbocycles. The average Bonchev–Trinajstić information content (AvgIpc) is 2.84. The van der Waals surface area contributed by atoms with Gasteiger partial charge in [0.15, 0.2) is 0 Å². The summed E-state index contributed by atoms with van der Waals surface area (Å²) >= 11 is 1.68. The van der Waals surface area contributed by atoms with Crippen molar-refractivity contribution in [2.75, 3.05) is 7.11 Å². The zero-order valence-electron chi connectivity index (χ0n) is 12.8. The summed E-state index contributed by atoms with van der Waals surface area (Å²) < 4.78 is 5.43. The number of nitrogens with one attached hydrogen (secondary N) is 1. The van der Waals surface area contributed by atoms with Crippen LogP contribution in [0.15, 0.2) is 23.6 Å². The highest BCUT2D eigenvalue weighted by molar-refractivity contribution is 7.09. The summed E-state index contributed by atoms with van der Waals surface area (Å²) in [6.45, 7) is 9.35. The van der Waals surface area contributed by atoms with Crippen molar-refractivity contribution in [3.63, 3.8) is 0 Å². The Balaban J connectivity index is 2.22. The molecule has 20 heavy (non-hydrogen) atoms. The molecule has 1 aromatic carbocycles. The molecule has 3 nitrogen and oxygen atoms in total. The number of hydrogen-bond acceptors (Lipinski definition) is 4. The van der Waals surface area contributed by atoms with E-state index in [0.29, 0.717) is 0 Å². The van der Waals surface area contributed by atoms with Crippen LogP contribution >= 0.6 is 11.3 Å². The number of ether oxygens (including phenoxy) is 1. The summed E-state index contributed by atoms with van der Waals surface area (Å²) in [5.41, 5.74) is 3.36. The molecule has 0 aliphatic rings. The predicted octanol–water partition coefficient (Wildman–Crippen LogP) is 4.02. The molecule has 0 radical (unpaired) electrons. The van der Waals surface area contributed by atoms with Crippen molar-refractivity contribution in [2.24, 2.45) is 0 Å². The maximum Gasteiger partial charge on any atom is 0.128 e. The monoisotopic (exact) mass is 290 g/mol. The normalized spacial score (nSPS) is 11.7. The van der Waals surface area contributed by atoms with E-state index in [-0.39, 0.29) is 5.54 Å². The summed E-state index contributed by atoms with van der Waals surface area (Å²) in [6.07, 6.45) is 0. The van der Waals surface area contributed by atoms with E-state index in [4.69, 9.17) is 9.72 Å². The van der Waals surface area contributed by atoms with Gasteiger partial charge in [0.05, 0.1) is 12.8 Å². The molecule has 0 amide bonds. The summed E-state index contributed by atoms with van der Waals surface area (Å²) in [5, 5.41) is 6.65. The van der Waals surface area contributed by atoms with Crippen LogP contribution in [0.2, 0.25) is 0 Å². The first kappa shape index (κ1) is 15.0. The van der Waals surface area contributed by atoms with Gasteiger partial charge in [-0.1, -0.05) is 11.6 Å². The Labute approximate surface area is 125 Å². The van der Waals surface area contributed by atoms with Crippen LogP contribution < -0.4 is 10.1 Å². The highest BCUT2D eigenvalue weighted by Gasteiger charge is 2.13. The molecular formula is C16H22N2OS. The predicted molar refractivity (Wildman–Crippen MR) is 85.4 cm³/mol. The number of benzene rings is 1. The van der Waals surface area contributed by atoms with Crippen LogP contribution in [0.25, 0.3) is 11.3 Å². The highest BCUT2D eigenvalue weighted by atomic mass is 32.1. The van der Waals surface area contributed by atoms with Gasteiger partial charge in [0.25, 0.3) is 0 Å². The van der Waals surface area contributed by atoms with E-state index in [9.17, 15) is 0 Å². The van der Waals surface area contributed by atoms with E-state index in [1.54, 1.807) is 18.4 Å². The summed E-state index contributed by atoms with van der Waals surface area (Å²) in [7, 11) is 1.70. The fourth-order valence-electron chi connectivity index (χ4n) is 1.88. The van der Waals surface area contributed by atoms with Crippen molar-refractivity contribution >= 4 is 11.3 Å². The lowest BCUT2D eigenvalue weighted by molar-refractivity contribution is 0.416. The average molecular weight is 290 g/mol. The second-order valence-electron chi connectivity index (χ2n) is 5.93. The van der Waals surface area contributed by atoms with Crippen molar-refractivity contribution in [3.8, 4) is 17.0 Å².